The van der Waals surface area contributed by atoms with Gasteiger partial charge >= 0.3 is 5.69 Å². The first-order valence-electron chi connectivity index (χ1n) is 5.80. The molecule has 1 heterocycles. The van der Waals surface area contributed by atoms with Gasteiger partial charge in [-0.05, 0) is 17.7 Å². The van der Waals surface area contributed by atoms with Crippen molar-refractivity contribution in [1.29, 1.82) is 0 Å². The average Bonchev–Trinajstić information content (AvgIpc) is 2.42. The van der Waals surface area contributed by atoms with Crippen molar-refractivity contribution in [3.63, 3.8) is 0 Å². The van der Waals surface area contributed by atoms with E-state index >= 15 is 0 Å². The zero-order valence-corrected chi connectivity index (χ0v) is 10.3. The second-order valence-electron chi connectivity index (χ2n) is 4.11. The third-order valence-electron chi connectivity index (χ3n) is 2.71. The zero-order valence-electron chi connectivity index (χ0n) is 10.3. The highest BCUT2D eigenvalue weighted by molar-refractivity contribution is 5.37. The summed E-state index contributed by atoms with van der Waals surface area (Å²) in [5.41, 5.74) is 0.260. The summed E-state index contributed by atoms with van der Waals surface area (Å²) in [7, 11) is 0. The second kappa shape index (κ2) is 6.16. The van der Waals surface area contributed by atoms with Crippen LogP contribution in [0.1, 0.15) is 11.1 Å². The molecule has 1 aromatic carbocycles. The lowest BCUT2D eigenvalue weighted by atomic mass is 10.1. The fourth-order valence-electron chi connectivity index (χ4n) is 1.70. The molecule has 2 rings (SSSR count). The minimum absolute atomic E-state index is 0.0483. The van der Waals surface area contributed by atoms with Crippen LogP contribution in [0.25, 0.3) is 0 Å². The third kappa shape index (κ3) is 3.33. The lowest BCUT2D eigenvalue weighted by Crippen LogP contribution is -2.14. The van der Waals surface area contributed by atoms with Crippen molar-refractivity contribution in [2.24, 2.45) is 0 Å². The molecule has 0 aliphatic heterocycles. The van der Waals surface area contributed by atoms with E-state index in [0.29, 0.717) is 12.6 Å². The number of aromatic nitrogens is 1. The van der Waals surface area contributed by atoms with Gasteiger partial charge in [0.15, 0.2) is 0 Å². The molecule has 5 nitrogen and oxygen atoms in total. The molecule has 0 aliphatic rings. The van der Waals surface area contributed by atoms with Gasteiger partial charge in [-0.3, -0.25) is 15.1 Å². The largest absolute Gasteiger partial charge is 0.309 e. The molecular formula is C13H11F2N3O2. The molecule has 0 saturated carbocycles. The lowest BCUT2D eigenvalue weighted by molar-refractivity contribution is -0.387. The van der Waals surface area contributed by atoms with Crippen molar-refractivity contribution in [3.8, 4) is 0 Å². The van der Waals surface area contributed by atoms with Crippen LogP contribution in [0.3, 0.4) is 0 Å². The van der Waals surface area contributed by atoms with Crippen LogP contribution in [0.5, 0.6) is 0 Å². The summed E-state index contributed by atoms with van der Waals surface area (Å²) in [4.78, 5) is 13.6. The van der Waals surface area contributed by atoms with Crippen LogP contribution >= 0.6 is 0 Å². The Balaban J connectivity index is 2.06. The number of nitrogens with zero attached hydrogens (tertiary/aromatic N) is 2. The second-order valence-corrected chi connectivity index (χ2v) is 4.11. The smallest absolute Gasteiger partial charge is 0.305 e. The normalized spacial score (nSPS) is 10.5. The molecule has 0 radical (unpaired) electrons. The maximum Gasteiger partial charge on any atom is 0.305 e. The summed E-state index contributed by atoms with van der Waals surface area (Å²) in [6.45, 7) is 0.516. The van der Waals surface area contributed by atoms with E-state index in [-0.39, 0.29) is 12.1 Å². The van der Waals surface area contributed by atoms with Gasteiger partial charge in [-0.25, -0.2) is 4.39 Å². The molecule has 1 N–H and O–H groups in total. The Morgan fingerprint density at radius 1 is 1.15 bits per heavy atom. The van der Waals surface area contributed by atoms with Crippen LogP contribution in [-0.2, 0) is 13.1 Å². The summed E-state index contributed by atoms with van der Waals surface area (Å²) >= 11 is 0. The van der Waals surface area contributed by atoms with E-state index in [0.717, 1.165) is 11.6 Å². The van der Waals surface area contributed by atoms with Crippen LogP contribution in [0.15, 0.2) is 36.7 Å². The van der Waals surface area contributed by atoms with Crippen molar-refractivity contribution < 1.29 is 13.7 Å². The first-order valence-corrected chi connectivity index (χ1v) is 5.80. The number of benzene rings is 1. The molecule has 20 heavy (non-hydrogen) atoms. The minimum Gasteiger partial charge on any atom is -0.309 e. The first-order chi connectivity index (χ1) is 9.58. The van der Waals surface area contributed by atoms with Crippen LogP contribution in [0, 0.1) is 21.7 Å². The van der Waals surface area contributed by atoms with Gasteiger partial charge in [0.25, 0.3) is 0 Å². The molecule has 0 spiro atoms. The van der Waals surface area contributed by atoms with Crippen molar-refractivity contribution >= 4 is 5.69 Å². The van der Waals surface area contributed by atoms with Gasteiger partial charge in [0.2, 0.25) is 5.82 Å². The van der Waals surface area contributed by atoms with E-state index in [9.17, 15) is 18.9 Å². The number of nitro groups is 1. The summed E-state index contributed by atoms with van der Waals surface area (Å²) in [5, 5.41) is 13.5. The summed E-state index contributed by atoms with van der Waals surface area (Å²) in [6, 6.07) is 5.01. The molecule has 0 fully saturated rings. The van der Waals surface area contributed by atoms with Crippen LogP contribution in [-0.4, -0.2) is 9.91 Å². The number of nitro benzene ring substituents is 1. The van der Waals surface area contributed by atoms with Crippen LogP contribution in [0.2, 0.25) is 0 Å². The average molecular weight is 279 g/mol. The summed E-state index contributed by atoms with van der Waals surface area (Å²) in [5.74, 6) is -1.99. The highest BCUT2D eigenvalue weighted by atomic mass is 19.1. The SMILES string of the molecule is O=[N+]([O-])c1cc(CNCc2ccncc2)c(F)cc1F. The Hall–Kier alpha value is -2.41. The maximum atomic E-state index is 13.5. The van der Waals surface area contributed by atoms with Crippen molar-refractivity contribution in [1.82, 2.24) is 10.3 Å². The van der Waals surface area contributed by atoms with Crippen molar-refractivity contribution in [3.05, 3.63) is 69.5 Å². The molecule has 2 aromatic rings. The van der Waals surface area contributed by atoms with Crippen LogP contribution in [0.4, 0.5) is 14.5 Å². The third-order valence-corrected chi connectivity index (χ3v) is 2.71. The molecule has 0 aliphatic carbocycles. The molecule has 104 valence electrons. The number of rotatable bonds is 5. The maximum absolute atomic E-state index is 13.5. The van der Waals surface area contributed by atoms with E-state index in [2.05, 4.69) is 10.3 Å². The zero-order chi connectivity index (χ0) is 14.5. The van der Waals surface area contributed by atoms with Gasteiger partial charge in [0.05, 0.1) is 4.92 Å². The molecule has 0 bridgehead atoms. The fraction of sp³-hybridized carbons (Fsp3) is 0.154. The highest BCUT2D eigenvalue weighted by Crippen LogP contribution is 2.21. The molecule has 1 aromatic heterocycles. The molecule has 0 atom stereocenters. The number of halogens is 2. The number of hydrogen-bond donors (Lipinski definition) is 1. The Morgan fingerprint density at radius 3 is 2.50 bits per heavy atom. The molecular weight excluding hydrogens is 268 g/mol. The summed E-state index contributed by atoms with van der Waals surface area (Å²) in [6.07, 6.45) is 3.25. The van der Waals surface area contributed by atoms with Gasteiger partial charge in [-0.1, -0.05) is 0 Å². The molecule has 0 unspecified atom stereocenters. The predicted molar refractivity (Wildman–Crippen MR) is 67.8 cm³/mol. The topological polar surface area (TPSA) is 68.1 Å². The first kappa shape index (κ1) is 14.0. The standard InChI is InChI=1S/C13H11F2N3O2/c14-11-6-12(15)13(18(19)20)5-10(11)8-17-7-9-1-3-16-4-2-9/h1-6,17H,7-8H2. The number of pyridine rings is 1. The van der Waals surface area contributed by atoms with E-state index in [1.807, 2.05) is 0 Å². The Bertz CT molecular complexity index is 621. The minimum atomic E-state index is -1.18. The van der Waals surface area contributed by atoms with E-state index in [4.69, 9.17) is 0 Å². The fourth-order valence-corrected chi connectivity index (χ4v) is 1.70. The van der Waals surface area contributed by atoms with Gasteiger partial charge in [-0.2, -0.15) is 4.39 Å². The number of nitrogens with one attached hydrogen (secondary N) is 1. The Kier molecular flexibility index (Phi) is 4.31. The molecule has 0 amide bonds. The summed E-state index contributed by atoms with van der Waals surface area (Å²) < 4.78 is 26.7. The van der Waals surface area contributed by atoms with Gasteiger partial charge in [-0.15, -0.1) is 0 Å². The van der Waals surface area contributed by atoms with E-state index in [1.54, 1.807) is 24.5 Å². The van der Waals surface area contributed by atoms with Gasteiger partial charge in [0, 0.05) is 43.2 Å². The lowest BCUT2D eigenvalue weighted by Gasteiger charge is -2.06. The number of hydrogen-bond acceptors (Lipinski definition) is 4. The Morgan fingerprint density at radius 2 is 1.85 bits per heavy atom. The van der Waals surface area contributed by atoms with Gasteiger partial charge < -0.3 is 5.32 Å². The Labute approximate surface area is 113 Å². The highest BCUT2D eigenvalue weighted by Gasteiger charge is 2.18. The molecule has 7 heteroatoms. The van der Waals surface area contributed by atoms with Crippen LogP contribution < -0.4 is 5.32 Å². The molecule has 0 saturated heterocycles. The predicted octanol–water partition coefficient (Wildman–Crippen LogP) is 2.56. The van der Waals surface area contributed by atoms with E-state index in [1.165, 1.54) is 0 Å². The monoisotopic (exact) mass is 279 g/mol. The van der Waals surface area contributed by atoms with Crippen molar-refractivity contribution in [2.75, 3.05) is 0 Å². The van der Waals surface area contributed by atoms with Gasteiger partial charge in [0.1, 0.15) is 5.82 Å². The van der Waals surface area contributed by atoms with Crippen molar-refractivity contribution in [2.45, 2.75) is 13.1 Å². The quantitative estimate of drug-likeness (QED) is 0.674. The van der Waals surface area contributed by atoms with E-state index < -0.39 is 22.2 Å².